The standard InChI is InChI=1S/C17H20N2O2/c1-11-3-6-15(12(2)9-11)18-17(20)8-7-16-14(10-21-19-16)13-4-5-13/h3,6,9-10,13H,4-5,7-8H2,1-2H3,(H,18,20). The van der Waals surface area contributed by atoms with Gasteiger partial charge >= 0.3 is 0 Å². The molecule has 1 aliphatic rings. The molecule has 0 bridgehead atoms. The molecule has 1 aromatic carbocycles. The topological polar surface area (TPSA) is 55.1 Å². The van der Waals surface area contributed by atoms with Gasteiger partial charge in [-0.1, -0.05) is 22.9 Å². The Kier molecular flexibility index (Phi) is 3.78. The number of nitrogens with zero attached hydrogens (tertiary/aromatic N) is 1. The number of aromatic nitrogens is 1. The van der Waals surface area contributed by atoms with Crippen molar-refractivity contribution in [3.63, 3.8) is 0 Å². The summed E-state index contributed by atoms with van der Waals surface area (Å²) in [5.41, 5.74) is 5.29. The third-order valence-corrected chi connectivity index (χ3v) is 3.94. The minimum Gasteiger partial charge on any atom is -0.364 e. The molecule has 4 nitrogen and oxygen atoms in total. The molecule has 0 aliphatic heterocycles. The van der Waals surface area contributed by atoms with E-state index in [-0.39, 0.29) is 5.91 Å². The van der Waals surface area contributed by atoms with Gasteiger partial charge < -0.3 is 9.84 Å². The highest BCUT2D eigenvalue weighted by Crippen LogP contribution is 2.41. The zero-order chi connectivity index (χ0) is 14.8. The highest BCUT2D eigenvalue weighted by atomic mass is 16.5. The van der Waals surface area contributed by atoms with E-state index in [1.54, 1.807) is 6.26 Å². The lowest BCUT2D eigenvalue weighted by Gasteiger charge is -2.08. The van der Waals surface area contributed by atoms with Crippen LogP contribution in [-0.4, -0.2) is 11.1 Å². The number of amides is 1. The summed E-state index contributed by atoms with van der Waals surface area (Å²) in [6.07, 6.45) is 5.22. The fourth-order valence-corrected chi connectivity index (χ4v) is 2.58. The maximum atomic E-state index is 12.1. The Labute approximate surface area is 124 Å². The number of nitrogens with one attached hydrogen (secondary N) is 1. The van der Waals surface area contributed by atoms with Crippen molar-refractivity contribution >= 4 is 11.6 Å². The number of hydrogen-bond acceptors (Lipinski definition) is 3. The van der Waals surface area contributed by atoms with E-state index in [1.165, 1.54) is 24.0 Å². The summed E-state index contributed by atoms with van der Waals surface area (Å²) in [5, 5.41) is 7.00. The summed E-state index contributed by atoms with van der Waals surface area (Å²) < 4.78 is 5.05. The van der Waals surface area contributed by atoms with Gasteiger partial charge in [-0.05, 0) is 44.2 Å². The van der Waals surface area contributed by atoms with Gasteiger partial charge in [0.1, 0.15) is 6.26 Å². The molecule has 21 heavy (non-hydrogen) atoms. The smallest absolute Gasteiger partial charge is 0.224 e. The van der Waals surface area contributed by atoms with Crippen LogP contribution in [0.3, 0.4) is 0 Å². The highest BCUT2D eigenvalue weighted by Gasteiger charge is 2.28. The van der Waals surface area contributed by atoms with E-state index in [2.05, 4.69) is 16.5 Å². The molecule has 1 heterocycles. The Morgan fingerprint density at radius 3 is 2.90 bits per heavy atom. The summed E-state index contributed by atoms with van der Waals surface area (Å²) >= 11 is 0. The molecule has 4 heteroatoms. The summed E-state index contributed by atoms with van der Waals surface area (Å²) in [7, 11) is 0. The first-order valence-corrected chi connectivity index (χ1v) is 7.43. The van der Waals surface area contributed by atoms with Crippen LogP contribution in [-0.2, 0) is 11.2 Å². The van der Waals surface area contributed by atoms with Crippen molar-refractivity contribution < 1.29 is 9.32 Å². The molecular formula is C17H20N2O2. The van der Waals surface area contributed by atoms with Crippen LogP contribution < -0.4 is 5.32 Å². The van der Waals surface area contributed by atoms with E-state index in [1.807, 2.05) is 26.0 Å². The molecule has 0 radical (unpaired) electrons. The minimum atomic E-state index is 0.0201. The third-order valence-electron chi connectivity index (χ3n) is 3.94. The molecule has 1 N–H and O–H groups in total. The van der Waals surface area contributed by atoms with Crippen LogP contribution in [0.1, 0.15) is 47.6 Å². The van der Waals surface area contributed by atoms with Gasteiger partial charge in [-0.2, -0.15) is 0 Å². The Bertz CT molecular complexity index is 657. The van der Waals surface area contributed by atoms with Crippen molar-refractivity contribution in [1.82, 2.24) is 5.16 Å². The number of aryl methyl sites for hydroxylation is 3. The second-order valence-electron chi connectivity index (χ2n) is 5.86. The summed E-state index contributed by atoms with van der Waals surface area (Å²) in [6.45, 7) is 4.05. The van der Waals surface area contributed by atoms with Gasteiger partial charge in [-0.15, -0.1) is 0 Å². The van der Waals surface area contributed by atoms with Crippen molar-refractivity contribution in [3.05, 3.63) is 46.8 Å². The monoisotopic (exact) mass is 284 g/mol. The van der Waals surface area contributed by atoms with Crippen LogP contribution in [0.4, 0.5) is 5.69 Å². The number of anilines is 1. The first kappa shape index (κ1) is 13.9. The predicted octanol–water partition coefficient (Wildman–Crippen LogP) is 3.74. The van der Waals surface area contributed by atoms with Crippen LogP contribution in [0.25, 0.3) is 0 Å². The number of benzene rings is 1. The highest BCUT2D eigenvalue weighted by molar-refractivity contribution is 5.91. The fraction of sp³-hybridized carbons (Fsp3) is 0.412. The average molecular weight is 284 g/mol. The van der Waals surface area contributed by atoms with Crippen molar-refractivity contribution in [1.29, 1.82) is 0 Å². The summed E-state index contributed by atoms with van der Waals surface area (Å²) in [5.74, 6) is 0.625. The van der Waals surface area contributed by atoms with E-state index < -0.39 is 0 Å². The average Bonchev–Trinajstić information content (AvgIpc) is 3.18. The largest absolute Gasteiger partial charge is 0.364 e. The molecule has 0 atom stereocenters. The maximum absolute atomic E-state index is 12.1. The Morgan fingerprint density at radius 2 is 2.19 bits per heavy atom. The molecule has 1 aliphatic carbocycles. The lowest BCUT2D eigenvalue weighted by Crippen LogP contribution is -2.13. The number of carbonyl (C=O) groups is 1. The molecule has 1 aromatic heterocycles. The number of carbonyl (C=O) groups excluding carboxylic acids is 1. The molecule has 0 saturated heterocycles. The number of hydrogen-bond donors (Lipinski definition) is 1. The van der Waals surface area contributed by atoms with Crippen molar-refractivity contribution in [2.45, 2.75) is 45.4 Å². The first-order chi connectivity index (χ1) is 10.1. The van der Waals surface area contributed by atoms with Crippen LogP contribution in [0.2, 0.25) is 0 Å². The molecule has 0 unspecified atom stereocenters. The molecule has 1 fully saturated rings. The second-order valence-corrected chi connectivity index (χ2v) is 5.86. The SMILES string of the molecule is Cc1ccc(NC(=O)CCc2nocc2C2CC2)c(C)c1. The number of rotatable bonds is 5. The lowest BCUT2D eigenvalue weighted by atomic mass is 10.1. The van der Waals surface area contributed by atoms with Crippen LogP contribution in [0.15, 0.2) is 29.0 Å². The molecule has 110 valence electrons. The van der Waals surface area contributed by atoms with Gasteiger partial charge in [0, 0.05) is 24.1 Å². The molecule has 1 amide bonds. The Morgan fingerprint density at radius 1 is 1.38 bits per heavy atom. The van der Waals surface area contributed by atoms with Gasteiger partial charge in [0.25, 0.3) is 0 Å². The molecule has 1 saturated carbocycles. The van der Waals surface area contributed by atoms with Gasteiger partial charge in [-0.25, -0.2) is 0 Å². The van der Waals surface area contributed by atoms with Crippen LogP contribution in [0.5, 0.6) is 0 Å². The Balaban J connectivity index is 1.57. The normalized spacial score (nSPS) is 14.2. The van der Waals surface area contributed by atoms with Crippen LogP contribution in [0, 0.1) is 13.8 Å². The third kappa shape index (κ3) is 3.32. The molecule has 0 spiro atoms. The van der Waals surface area contributed by atoms with Gasteiger partial charge in [0.05, 0.1) is 5.69 Å². The maximum Gasteiger partial charge on any atom is 0.224 e. The minimum absolute atomic E-state index is 0.0201. The van der Waals surface area contributed by atoms with Crippen molar-refractivity contribution in [2.75, 3.05) is 5.32 Å². The lowest BCUT2D eigenvalue weighted by molar-refractivity contribution is -0.116. The van der Waals surface area contributed by atoms with Gasteiger partial charge in [0.15, 0.2) is 0 Å². The zero-order valence-electron chi connectivity index (χ0n) is 12.5. The van der Waals surface area contributed by atoms with Gasteiger partial charge in [0.2, 0.25) is 5.91 Å². The Hall–Kier alpha value is -2.10. The van der Waals surface area contributed by atoms with Crippen LogP contribution >= 0.6 is 0 Å². The van der Waals surface area contributed by atoms with E-state index in [9.17, 15) is 4.79 Å². The van der Waals surface area contributed by atoms with E-state index in [0.717, 1.165) is 16.9 Å². The quantitative estimate of drug-likeness (QED) is 0.910. The van der Waals surface area contributed by atoms with E-state index in [0.29, 0.717) is 18.8 Å². The van der Waals surface area contributed by atoms with E-state index >= 15 is 0 Å². The van der Waals surface area contributed by atoms with Gasteiger partial charge in [-0.3, -0.25) is 4.79 Å². The second kappa shape index (κ2) is 5.72. The van der Waals surface area contributed by atoms with Crippen molar-refractivity contribution in [3.8, 4) is 0 Å². The molecule has 3 rings (SSSR count). The predicted molar refractivity (Wildman–Crippen MR) is 81.3 cm³/mol. The summed E-state index contributed by atoms with van der Waals surface area (Å²) in [4.78, 5) is 12.1. The van der Waals surface area contributed by atoms with Crippen molar-refractivity contribution in [2.24, 2.45) is 0 Å². The van der Waals surface area contributed by atoms with E-state index in [4.69, 9.17) is 4.52 Å². The summed E-state index contributed by atoms with van der Waals surface area (Å²) in [6, 6.07) is 6.03. The zero-order valence-corrected chi connectivity index (χ0v) is 12.5. The fourth-order valence-electron chi connectivity index (χ4n) is 2.58. The molecule has 2 aromatic rings. The molecular weight excluding hydrogens is 264 g/mol. The first-order valence-electron chi connectivity index (χ1n) is 7.43.